The van der Waals surface area contributed by atoms with Crippen LogP contribution < -0.4 is 15.0 Å². The lowest BCUT2D eigenvalue weighted by atomic mass is 10.00. The number of para-hydroxylation sites is 1. The molecule has 0 bridgehead atoms. The highest BCUT2D eigenvalue weighted by Gasteiger charge is 2.21. The fraction of sp³-hybridized carbons (Fsp3) is 0.147. The van der Waals surface area contributed by atoms with E-state index < -0.39 is 17.8 Å². The van der Waals surface area contributed by atoms with E-state index in [-0.39, 0.29) is 18.1 Å². The summed E-state index contributed by atoms with van der Waals surface area (Å²) in [6.07, 6.45) is 1.85. The van der Waals surface area contributed by atoms with Gasteiger partial charge in [-0.2, -0.15) is 0 Å². The number of carboxylic acids is 1. The minimum Gasteiger partial charge on any atom is -0.494 e. The topological polar surface area (TPSA) is 95.9 Å². The van der Waals surface area contributed by atoms with E-state index in [2.05, 4.69) is 11.9 Å². The van der Waals surface area contributed by atoms with Gasteiger partial charge in [0.1, 0.15) is 17.6 Å². The Morgan fingerprint density at radius 3 is 2.33 bits per heavy atom. The molecule has 0 spiro atoms. The first-order chi connectivity index (χ1) is 20.4. The zero-order chi connectivity index (χ0) is 29.9. The average Bonchev–Trinajstić information content (AvgIpc) is 3.01. The maximum Gasteiger partial charge on any atom is 0.326 e. The van der Waals surface area contributed by atoms with Crippen LogP contribution in [-0.4, -0.2) is 42.0 Å². The van der Waals surface area contributed by atoms with Crippen molar-refractivity contribution in [2.75, 3.05) is 23.4 Å². The predicted molar refractivity (Wildman–Crippen MR) is 161 cm³/mol. The molecule has 7 nitrogen and oxygen atoms in total. The van der Waals surface area contributed by atoms with Gasteiger partial charge in [-0.05, 0) is 60.5 Å². The number of amides is 1. The van der Waals surface area contributed by atoms with E-state index in [1.807, 2.05) is 6.07 Å². The number of halogens is 1. The number of nitrogens with one attached hydrogen (secondary N) is 1. The highest BCUT2D eigenvalue weighted by Crippen LogP contribution is 2.22. The Hall–Kier alpha value is -5.24. The molecule has 2 N–H and O–H groups in total. The first-order valence-corrected chi connectivity index (χ1v) is 13.4. The highest BCUT2D eigenvalue weighted by molar-refractivity contribution is 6.12. The first-order valence-electron chi connectivity index (χ1n) is 13.4. The summed E-state index contributed by atoms with van der Waals surface area (Å²) in [6.45, 7) is 4.14. The predicted octanol–water partition coefficient (Wildman–Crippen LogP) is 6.15. The molecule has 0 aliphatic rings. The minimum atomic E-state index is -1.05. The molecule has 1 unspecified atom stereocenters. The third-order valence-corrected chi connectivity index (χ3v) is 6.55. The molecule has 4 rings (SSSR count). The molecule has 1 atom stereocenters. The van der Waals surface area contributed by atoms with Crippen molar-refractivity contribution in [3.05, 3.63) is 138 Å². The number of ketones is 1. The number of nitrogens with zero attached hydrogens (tertiary/aromatic N) is 1. The number of carboxylic acid groups (broad SMARTS) is 1. The van der Waals surface area contributed by atoms with Gasteiger partial charge in [-0.1, -0.05) is 67.2 Å². The fourth-order valence-corrected chi connectivity index (χ4v) is 4.43. The minimum absolute atomic E-state index is 0.176. The van der Waals surface area contributed by atoms with E-state index >= 15 is 0 Å². The molecule has 0 fully saturated rings. The van der Waals surface area contributed by atoms with Gasteiger partial charge in [0.15, 0.2) is 5.78 Å². The number of carbonyl (C=O) groups is 3. The summed E-state index contributed by atoms with van der Waals surface area (Å²) in [5, 5.41) is 12.9. The lowest BCUT2D eigenvalue weighted by molar-refractivity contribution is -0.137. The molecular weight excluding hydrogens is 535 g/mol. The Morgan fingerprint density at radius 2 is 1.64 bits per heavy atom. The van der Waals surface area contributed by atoms with Crippen LogP contribution >= 0.6 is 0 Å². The molecule has 8 heteroatoms. The lowest BCUT2D eigenvalue weighted by Gasteiger charge is -2.21. The van der Waals surface area contributed by atoms with E-state index in [4.69, 9.17) is 4.74 Å². The van der Waals surface area contributed by atoms with Crippen molar-refractivity contribution in [2.45, 2.75) is 18.9 Å². The summed E-state index contributed by atoms with van der Waals surface area (Å²) in [5.41, 5.74) is 2.56. The summed E-state index contributed by atoms with van der Waals surface area (Å²) < 4.78 is 19.5. The normalized spacial score (nSPS) is 11.3. The maximum absolute atomic E-state index is 13.6. The molecule has 4 aromatic carbocycles. The van der Waals surface area contributed by atoms with Gasteiger partial charge in [-0.3, -0.25) is 9.59 Å². The Kier molecular flexibility index (Phi) is 10.2. The zero-order valence-corrected chi connectivity index (χ0v) is 22.9. The zero-order valence-electron chi connectivity index (χ0n) is 22.9. The van der Waals surface area contributed by atoms with Gasteiger partial charge in [-0.15, -0.1) is 0 Å². The molecule has 0 saturated carbocycles. The second-order valence-electron chi connectivity index (χ2n) is 9.50. The quantitative estimate of drug-likeness (QED) is 0.108. The van der Waals surface area contributed by atoms with Gasteiger partial charge in [0.25, 0.3) is 0 Å². The number of carbonyl (C=O) groups excluding carboxylic acids is 2. The van der Waals surface area contributed by atoms with Gasteiger partial charge in [0.05, 0.1) is 6.61 Å². The van der Waals surface area contributed by atoms with Crippen LogP contribution in [0.4, 0.5) is 15.8 Å². The molecule has 0 radical (unpaired) electrons. The summed E-state index contributed by atoms with van der Waals surface area (Å²) in [6, 6.07) is 27.6. The first kappa shape index (κ1) is 29.7. The highest BCUT2D eigenvalue weighted by atomic mass is 19.1. The third kappa shape index (κ3) is 7.91. The molecule has 1 amide bonds. The van der Waals surface area contributed by atoms with Crippen LogP contribution in [0.15, 0.2) is 116 Å². The van der Waals surface area contributed by atoms with Gasteiger partial charge in [0, 0.05) is 35.5 Å². The Balaban J connectivity index is 1.34. The van der Waals surface area contributed by atoms with Crippen molar-refractivity contribution in [3.63, 3.8) is 0 Å². The fourth-order valence-electron chi connectivity index (χ4n) is 4.43. The molecular formula is C34H31FN2O5. The standard InChI is InChI=1S/C34H31FN2O5/c1-2-32(38)37(27-13-8-12-26(35)23-27)20-9-21-42-28-18-16-24(17-19-28)22-31(34(40)41)36-30-15-7-6-14-29(30)33(39)25-10-4-3-5-11-25/h2-8,10-19,23,31,36H,1,9,20-22H2,(H,40,41). The second-order valence-corrected chi connectivity index (χ2v) is 9.50. The lowest BCUT2D eigenvalue weighted by Crippen LogP contribution is -2.32. The molecule has 214 valence electrons. The Morgan fingerprint density at radius 1 is 0.929 bits per heavy atom. The van der Waals surface area contributed by atoms with Crippen LogP contribution in [0.2, 0.25) is 0 Å². The van der Waals surface area contributed by atoms with Crippen LogP contribution in [0.25, 0.3) is 0 Å². The van der Waals surface area contributed by atoms with Crippen LogP contribution in [0.3, 0.4) is 0 Å². The van der Waals surface area contributed by atoms with E-state index in [0.29, 0.717) is 47.8 Å². The van der Waals surface area contributed by atoms with Gasteiger partial charge < -0.3 is 20.1 Å². The number of ether oxygens (including phenoxy) is 1. The van der Waals surface area contributed by atoms with Crippen molar-refractivity contribution < 1.29 is 28.6 Å². The SMILES string of the molecule is C=CC(=O)N(CCCOc1ccc(CC(Nc2ccccc2C(=O)c2ccccc2)C(=O)O)cc1)c1cccc(F)c1. The maximum atomic E-state index is 13.6. The Bertz CT molecular complexity index is 1540. The van der Waals surface area contributed by atoms with Crippen molar-refractivity contribution in [1.29, 1.82) is 0 Å². The Labute approximate surface area is 243 Å². The van der Waals surface area contributed by atoms with Crippen molar-refractivity contribution in [1.82, 2.24) is 0 Å². The van der Waals surface area contributed by atoms with Crippen molar-refractivity contribution in [3.8, 4) is 5.75 Å². The number of anilines is 2. The van der Waals surface area contributed by atoms with Crippen molar-refractivity contribution >= 4 is 29.0 Å². The van der Waals surface area contributed by atoms with Gasteiger partial charge >= 0.3 is 5.97 Å². The van der Waals surface area contributed by atoms with Crippen LogP contribution in [0.1, 0.15) is 27.9 Å². The van der Waals surface area contributed by atoms with E-state index in [1.54, 1.807) is 84.9 Å². The summed E-state index contributed by atoms with van der Waals surface area (Å²) >= 11 is 0. The van der Waals surface area contributed by atoms with Gasteiger partial charge in [-0.25, -0.2) is 9.18 Å². The molecule has 42 heavy (non-hydrogen) atoms. The molecule has 0 saturated heterocycles. The summed E-state index contributed by atoms with van der Waals surface area (Å²) in [4.78, 5) is 38.9. The average molecular weight is 567 g/mol. The monoisotopic (exact) mass is 566 g/mol. The van der Waals surface area contributed by atoms with Crippen LogP contribution in [-0.2, 0) is 16.0 Å². The molecule has 0 aliphatic heterocycles. The van der Waals surface area contributed by atoms with E-state index in [1.165, 1.54) is 23.1 Å². The van der Waals surface area contributed by atoms with Gasteiger partial charge in [0.2, 0.25) is 5.91 Å². The number of hydrogen-bond donors (Lipinski definition) is 2. The summed E-state index contributed by atoms with van der Waals surface area (Å²) in [5.74, 6) is -1.43. The smallest absolute Gasteiger partial charge is 0.326 e. The van der Waals surface area contributed by atoms with E-state index in [9.17, 15) is 23.9 Å². The molecule has 0 heterocycles. The van der Waals surface area contributed by atoms with Crippen molar-refractivity contribution in [2.24, 2.45) is 0 Å². The number of benzene rings is 4. The van der Waals surface area contributed by atoms with Crippen LogP contribution in [0.5, 0.6) is 5.75 Å². The number of hydrogen-bond acceptors (Lipinski definition) is 5. The molecule has 0 aliphatic carbocycles. The molecule has 0 aromatic heterocycles. The third-order valence-electron chi connectivity index (χ3n) is 6.55. The number of rotatable bonds is 14. The van der Waals surface area contributed by atoms with E-state index in [0.717, 1.165) is 5.56 Å². The summed E-state index contributed by atoms with van der Waals surface area (Å²) in [7, 11) is 0. The number of aliphatic carboxylic acids is 1. The second kappa shape index (κ2) is 14.4. The largest absolute Gasteiger partial charge is 0.494 e. The van der Waals surface area contributed by atoms with Crippen LogP contribution in [0, 0.1) is 5.82 Å². The molecule has 4 aromatic rings.